The van der Waals surface area contributed by atoms with Gasteiger partial charge in [-0.3, -0.25) is 4.79 Å². The molecule has 1 aliphatic rings. The molecule has 1 saturated heterocycles. The van der Waals surface area contributed by atoms with Gasteiger partial charge in [-0.05, 0) is 0 Å². The lowest BCUT2D eigenvalue weighted by Crippen LogP contribution is -2.46. The Labute approximate surface area is 60.0 Å². The number of hydrogen-bond acceptors (Lipinski definition) is 3. The van der Waals surface area contributed by atoms with E-state index in [0.717, 1.165) is 0 Å². The van der Waals surface area contributed by atoms with E-state index in [1.165, 1.54) is 0 Å². The first kappa shape index (κ1) is 7.64. The van der Waals surface area contributed by atoms with Crippen molar-refractivity contribution in [2.45, 2.75) is 6.04 Å². The number of carbonyl (C=O) groups is 1. The molecule has 0 aromatic rings. The zero-order valence-electron chi connectivity index (χ0n) is 5.07. The Hall–Kier alpha value is -0.460. The van der Waals surface area contributed by atoms with Gasteiger partial charge in [-0.1, -0.05) is 0 Å². The second-order valence-electron chi connectivity index (χ2n) is 1.84. The van der Waals surface area contributed by atoms with E-state index in [2.05, 4.69) is 4.72 Å². The molecule has 0 aromatic heterocycles. The van der Waals surface area contributed by atoms with Gasteiger partial charge in [-0.2, -0.15) is 0 Å². The monoisotopic (exact) mass is 165 g/mol. The fraction of sp³-hybridized carbons (Fsp3) is 0.750. The Morgan fingerprint density at radius 1 is 1.80 bits per heavy atom. The number of carboxylic acids is 1. The molecule has 2 atom stereocenters. The Morgan fingerprint density at radius 2 is 2.50 bits per heavy atom. The second-order valence-corrected chi connectivity index (χ2v) is 3.01. The lowest BCUT2D eigenvalue weighted by Gasteiger charge is -2.18. The number of nitrogens with one attached hydrogen (secondary N) is 1. The highest BCUT2D eigenvalue weighted by Gasteiger charge is 2.23. The molecule has 1 rings (SSSR count). The van der Waals surface area contributed by atoms with E-state index in [1.807, 2.05) is 0 Å². The lowest BCUT2D eigenvalue weighted by atomic mass is 10.3. The number of aliphatic carboxylic acids is 1. The van der Waals surface area contributed by atoms with Crippen LogP contribution in [0.4, 0.5) is 0 Å². The third-order valence-corrected chi connectivity index (χ3v) is 1.97. The summed E-state index contributed by atoms with van der Waals surface area (Å²) in [6.07, 6.45) is 0. The normalized spacial score (nSPS) is 33.6. The third-order valence-electron chi connectivity index (χ3n) is 1.05. The molecule has 6 heteroatoms. The summed E-state index contributed by atoms with van der Waals surface area (Å²) in [4.78, 5) is 10.2. The highest BCUT2D eigenvalue weighted by molar-refractivity contribution is 7.82. The standard InChI is InChI=1S/C4H7NO4S/c6-4(7)3-1-9-2-10(8)5-3/h3,5H,1-2H2,(H,6,7). The van der Waals surface area contributed by atoms with Crippen molar-refractivity contribution in [3.8, 4) is 0 Å². The van der Waals surface area contributed by atoms with Crippen LogP contribution in [0.1, 0.15) is 0 Å². The van der Waals surface area contributed by atoms with E-state index in [9.17, 15) is 9.00 Å². The predicted molar refractivity (Wildman–Crippen MR) is 33.5 cm³/mol. The molecule has 0 spiro atoms. The molecule has 2 N–H and O–H groups in total. The number of rotatable bonds is 1. The van der Waals surface area contributed by atoms with Crippen molar-refractivity contribution in [2.24, 2.45) is 0 Å². The molecule has 5 nitrogen and oxygen atoms in total. The minimum Gasteiger partial charge on any atom is -0.480 e. The van der Waals surface area contributed by atoms with Gasteiger partial charge >= 0.3 is 5.97 Å². The third kappa shape index (κ3) is 1.76. The first-order valence-corrected chi connectivity index (χ1v) is 3.97. The lowest BCUT2D eigenvalue weighted by molar-refractivity contribution is -0.140. The summed E-state index contributed by atoms with van der Waals surface area (Å²) in [5.74, 6) is -0.961. The first-order chi connectivity index (χ1) is 4.70. The molecule has 0 aromatic carbocycles. The zero-order chi connectivity index (χ0) is 7.56. The highest BCUT2D eigenvalue weighted by Crippen LogP contribution is 1.96. The quantitative estimate of drug-likeness (QED) is 0.505. The Morgan fingerprint density at radius 3 is 2.90 bits per heavy atom. The van der Waals surface area contributed by atoms with Crippen molar-refractivity contribution >= 4 is 17.0 Å². The smallest absolute Gasteiger partial charge is 0.324 e. The predicted octanol–water partition coefficient (Wildman–Crippen LogP) is -1.32. The summed E-state index contributed by atoms with van der Waals surface area (Å²) in [5.41, 5.74) is 0. The van der Waals surface area contributed by atoms with Crippen LogP contribution in [0.25, 0.3) is 0 Å². The van der Waals surface area contributed by atoms with E-state index in [4.69, 9.17) is 9.84 Å². The van der Waals surface area contributed by atoms with Gasteiger partial charge in [0.1, 0.15) is 23.0 Å². The Kier molecular flexibility index (Phi) is 2.36. The van der Waals surface area contributed by atoms with Gasteiger partial charge in [-0.25, -0.2) is 8.93 Å². The van der Waals surface area contributed by atoms with Gasteiger partial charge in [-0.15, -0.1) is 0 Å². The highest BCUT2D eigenvalue weighted by atomic mass is 32.2. The maximum Gasteiger partial charge on any atom is 0.324 e. The average Bonchev–Trinajstić information content (AvgIpc) is 1.88. The van der Waals surface area contributed by atoms with Gasteiger partial charge in [0.05, 0.1) is 6.61 Å². The van der Waals surface area contributed by atoms with Gasteiger partial charge in [0, 0.05) is 0 Å². The van der Waals surface area contributed by atoms with Crippen LogP contribution in [0.3, 0.4) is 0 Å². The van der Waals surface area contributed by atoms with E-state index in [-0.39, 0.29) is 12.5 Å². The van der Waals surface area contributed by atoms with Crippen LogP contribution in [0.5, 0.6) is 0 Å². The van der Waals surface area contributed by atoms with Crippen molar-refractivity contribution in [3.63, 3.8) is 0 Å². The average molecular weight is 165 g/mol. The first-order valence-electron chi connectivity index (χ1n) is 2.65. The van der Waals surface area contributed by atoms with Crippen molar-refractivity contribution in [1.29, 1.82) is 0 Å². The summed E-state index contributed by atoms with van der Waals surface area (Å²) >= 11 is 0. The maximum absolute atomic E-state index is 10.6. The van der Waals surface area contributed by atoms with Gasteiger partial charge in [0.25, 0.3) is 0 Å². The van der Waals surface area contributed by atoms with Gasteiger partial charge in [0.2, 0.25) is 0 Å². The molecule has 0 radical (unpaired) electrons. The maximum atomic E-state index is 10.6. The number of carboxylic acid groups (broad SMARTS) is 1. The molecule has 1 fully saturated rings. The molecular formula is C4H7NO4S. The minimum absolute atomic E-state index is 0.0732. The van der Waals surface area contributed by atoms with Crippen LogP contribution in [0.2, 0.25) is 0 Å². The van der Waals surface area contributed by atoms with Gasteiger partial charge in [0.15, 0.2) is 0 Å². The molecule has 1 heterocycles. The van der Waals surface area contributed by atoms with Gasteiger partial charge < -0.3 is 9.84 Å². The molecule has 0 amide bonds. The molecule has 0 aliphatic carbocycles. The molecule has 10 heavy (non-hydrogen) atoms. The molecule has 1 aliphatic heterocycles. The summed E-state index contributed by atoms with van der Waals surface area (Å²) < 4.78 is 17.7. The van der Waals surface area contributed by atoms with Crippen LogP contribution in [-0.4, -0.2) is 33.9 Å². The molecule has 2 unspecified atom stereocenters. The summed E-state index contributed by atoms with van der Waals surface area (Å²) in [7, 11) is -1.34. The van der Waals surface area contributed by atoms with Crippen LogP contribution in [-0.2, 0) is 20.5 Å². The van der Waals surface area contributed by atoms with Crippen molar-refractivity contribution in [1.82, 2.24) is 4.72 Å². The largest absolute Gasteiger partial charge is 0.480 e. The fourth-order valence-corrected chi connectivity index (χ4v) is 1.39. The van der Waals surface area contributed by atoms with Crippen molar-refractivity contribution < 1.29 is 18.8 Å². The molecule has 0 bridgehead atoms. The van der Waals surface area contributed by atoms with Crippen molar-refractivity contribution in [3.05, 3.63) is 0 Å². The van der Waals surface area contributed by atoms with E-state index < -0.39 is 23.0 Å². The summed E-state index contributed by atoms with van der Waals surface area (Å²) in [5, 5.41) is 8.38. The topological polar surface area (TPSA) is 75.6 Å². The fourth-order valence-electron chi connectivity index (χ4n) is 0.590. The number of ether oxygens (including phenoxy) is 1. The minimum atomic E-state index is -1.34. The Balaban J connectivity index is 2.47. The van der Waals surface area contributed by atoms with Crippen LogP contribution >= 0.6 is 0 Å². The van der Waals surface area contributed by atoms with Crippen LogP contribution < -0.4 is 4.72 Å². The van der Waals surface area contributed by atoms with E-state index in [0.29, 0.717) is 0 Å². The summed E-state index contributed by atoms with van der Waals surface area (Å²) in [6, 6.07) is -0.824. The molecular weight excluding hydrogens is 158 g/mol. The second kappa shape index (κ2) is 3.09. The number of hydrogen-bond donors (Lipinski definition) is 2. The van der Waals surface area contributed by atoms with E-state index >= 15 is 0 Å². The zero-order valence-corrected chi connectivity index (χ0v) is 5.89. The van der Waals surface area contributed by atoms with Crippen LogP contribution in [0.15, 0.2) is 0 Å². The van der Waals surface area contributed by atoms with Crippen LogP contribution in [0, 0.1) is 0 Å². The Bertz CT molecular complexity index is 169. The SMILES string of the molecule is O=C(O)C1COCS(=O)N1. The molecule has 0 saturated carbocycles. The van der Waals surface area contributed by atoms with E-state index in [1.54, 1.807) is 0 Å². The summed E-state index contributed by atoms with van der Waals surface area (Å²) in [6.45, 7) is 0.0844. The molecule has 58 valence electrons. The van der Waals surface area contributed by atoms with Crippen molar-refractivity contribution in [2.75, 3.05) is 12.5 Å².